The Morgan fingerprint density at radius 1 is 1.67 bits per heavy atom. The minimum Gasteiger partial charge on any atom is -0.480 e. The van der Waals surface area contributed by atoms with Crippen LogP contribution in [0.15, 0.2) is 10.6 Å². The van der Waals surface area contributed by atoms with Crippen LogP contribution in [0.2, 0.25) is 0 Å². The minimum atomic E-state index is -3.98. The van der Waals surface area contributed by atoms with E-state index in [1.54, 1.807) is 6.92 Å². The van der Waals surface area contributed by atoms with Gasteiger partial charge in [0, 0.05) is 6.07 Å². The van der Waals surface area contributed by atoms with Gasteiger partial charge in [-0.05, 0) is 13.8 Å². The molecular formula is C7H10N2O5S. The molecule has 1 rings (SSSR count). The van der Waals surface area contributed by atoms with E-state index in [1.807, 2.05) is 4.72 Å². The fourth-order valence-corrected chi connectivity index (χ4v) is 1.59. The molecule has 0 fully saturated rings. The van der Waals surface area contributed by atoms with E-state index in [0.717, 1.165) is 6.92 Å². The lowest BCUT2D eigenvalue weighted by atomic mass is 10.5. The topological polar surface area (TPSA) is 110 Å². The number of aryl methyl sites for hydroxylation is 1. The number of carbonyl (C=O) groups is 1. The van der Waals surface area contributed by atoms with E-state index in [-0.39, 0.29) is 5.88 Å². The Kier molecular flexibility index (Phi) is 2.98. The molecule has 2 N–H and O–H groups in total. The van der Waals surface area contributed by atoms with Crippen molar-refractivity contribution in [3.63, 3.8) is 0 Å². The van der Waals surface area contributed by atoms with Gasteiger partial charge in [0.05, 0.1) is 5.69 Å². The third-order valence-electron chi connectivity index (χ3n) is 1.68. The Balaban J connectivity index is 2.86. The van der Waals surface area contributed by atoms with Crippen molar-refractivity contribution in [2.75, 3.05) is 4.72 Å². The largest absolute Gasteiger partial charge is 0.480 e. The molecule has 7 nitrogen and oxygen atoms in total. The predicted octanol–water partition coefficient (Wildman–Crippen LogP) is 0.198. The van der Waals surface area contributed by atoms with Crippen LogP contribution in [0.5, 0.6) is 0 Å². The first kappa shape index (κ1) is 11.5. The first-order valence-electron chi connectivity index (χ1n) is 4.00. The summed E-state index contributed by atoms with van der Waals surface area (Å²) in [5.41, 5.74) is 0.496. The first-order chi connectivity index (χ1) is 6.83. The highest BCUT2D eigenvalue weighted by molar-refractivity contribution is 7.94. The minimum absolute atomic E-state index is 0.0967. The number of sulfonamides is 1. The maximum Gasteiger partial charge on any atom is 0.323 e. The highest BCUT2D eigenvalue weighted by Gasteiger charge is 2.28. The molecule has 1 aromatic rings. The number of carboxylic acids is 1. The Labute approximate surface area is 86.1 Å². The second-order valence-corrected chi connectivity index (χ2v) is 4.96. The van der Waals surface area contributed by atoms with Crippen LogP contribution in [-0.2, 0) is 14.8 Å². The second-order valence-electron chi connectivity index (χ2n) is 2.96. The lowest BCUT2D eigenvalue weighted by Crippen LogP contribution is -2.31. The molecule has 1 atom stereocenters. The molecule has 0 saturated carbocycles. The van der Waals surface area contributed by atoms with Crippen molar-refractivity contribution < 1.29 is 22.8 Å². The number of anilines is 1. The summed E-state index contributed by atoms with van der Waals surface area (Å²) in [5.74, 6) is -1.53. The van der Waals surface area contributed by atoms with E-state index in [9.17, 15) is 13.2 Å². The second kappa shape index (κ2) is 3.89. The van der Waals surface area contributed by atoms with E-state index in [4.69, 9.17) is 5.11 Å². The van der Waals surface area contributed by atoms with Gasteiger partial charge in [-0.25, -0.2) is 8.42 Å². The molecular weight excluding hydrogens is 224 g/mol. The van der Waals surface area contributed by atoms with Crippen LogP contribution in [0.1, 0.15) is 12.6 Å². The van der Waals surface area contributed by atoms with Gasteiger partial charge in [0.15, 0.2) is 5.25 Å². The van der Waals surface area contributed by atoms with E-state index < -0.39 is 21.2 Å². The van der Waals surface area contributed by atoms with Crippen LogP contribution in [0.25, 0.3) is 0 Å². The van der Waals surface area contributed by atoms with Crippen molar-refractivity contribution in [1.29, 1.82) is 0 Å². The zero-order valence-electron chi connectivity index (χ0n) is 8.09. The van der Waals surface area contributed by atoms with Gasteiger partial charge in [-0.2, -0.15) is 0 Å². The lowest BCUT2D eigenvalue weighted by molar-refractivity contribution is -0.136. The molecule has 0 bridgehead atoms. The van der Waals surface area contributed by atoms with Crippen molar-refractivity contribution >= 4 is 21.9 Å². The maximum absolute atomic E-state index is 11.4. The Hall–Kier alpha value is -1.57. The van der Waals surface area contributed by atoms with Gasteiger partial charge in [0.1, 0.15) is 0 Å². The molecule has 84 valence electrons. The normalized spacial score (nSPS) is 13.5. The molecule has 0 aliphatic rings. The van der Waals surface area contributed by atoms with Gasteiger partial charge >= 0.3 is 5.97 Å². The number of nitrogens with zero attached hydrogens (tertiary/aromatic N) is 1. The quantitative estimate of drug-likeness (QED) is 0.770. The smallest absolute Gasteiger partial charge is 0.323 e. The third-order valence-corrected chi connectivity index (χ3v) is 3.30. The van der Waals surface area contributed by atoms with Crippen LogP contribution in [0, 0.1) is 6.92 Å². The summed E-state index contributed by atoms with van der Waals surface area (Å²) in [6.07, 6.45) is 0. The van der Waals surface area contributed by atoms with Crippen LogP contribution < -0.4 is 4.72 Å². The van der Waals surface area contributed by atoms with Gasteiger partial charge in [-0.3, -0.25) is 9.52 Å². The molecule has 0 aliphatic heterocycles. The lowest BCUT2D eigenvalue weighted by Gasteiger charge is -2.07. The molecule has 8 heteroatoms. The van der Waals surface area contributed by atoms with Gasteiger partial charge in [-0.1, -0.05) is 5.16 Å². The summed E-state index contributed by atoms with van der Waals surface area (Å²) in [5, 5.41) is 10.4. The molecule has 0 spiro atoms. The monoisotopic (exact) mass is 234 g/mol. The molecule has 0 aromatic carbocycles. The van der Waals surface area contributed by atoms with Crippen molar-refractivity contribution in [2.24, 2.45) is 0 Å². The standard InChI is InChI=1S/C7H10N2O5S/c1-4-3-6(14-8-4)9-15(12,13)5(2)7(10)11/h3,5,9H,1-2H3,(H,10,11). The fraction of sp³-hybridized carbons (Fsp3) is 0.429. The molecule has 1 unspecified atom stereocenters. The Bertz CT molecular complexity index is 463. The summed E-state index contributed by atoms with van der Waals surface area (Å²) in [6.45, 7) is 2.68. The molecule has 15 heavy (non-hydrogen) atoms. The van der Waals surface area contributed by atoms with E-state index in [2.05, 4.69) is 9.68 Å². The fourth-order valence-electron chi connectivity index (χ4n) is 0.773. The summed E-state index contributed by atoms with van der Waals surface area (Å²) >= 11 is 0. The van der Waals surface area contributed by atoms with Crippen molar-refractivity contribution in [1.82, 2.24) is 5.16 Å². The van der Waals surface area contributed by atoms with Gasteiger partial charge < -0.3 is 9.63 Å². The molecule has 0 aliphatic carbocycles. The van der Waals surface area contributed by atoms with Crippen molar-refractivity contribution in [3.05, 3.63) is 11.8 Å². The Morgan fingerprint density at radius 3 is 2.67 bits per heavy atom. The summed E-state index contributed by atoms with van der Waals surface area (Å²) < 4.78 is 29.3. The van der Waals surface area contributed by atoms with Gasteiger partial charge in [0.2, 0.25) is 15.9 Å². The Morgan fingerprint density at radius 2 is 2.27 bits per heavy atom. The number of nitrogens with one attached hydrogen (secondary N) is 1. The molecule has 0 amide bonds. The molecule has 0 radical (unpaired) electrons. The number of aliphatic carboxylic acids is 1. The zero-order chi connectivity index (χ0) is 11.6. The van der Waals surface area contributed by atoms with E-state index in [1.165, 1.54) is 6.07 Å². The maximum atomic E-state index is 11.4. The van der Waals surface area contributed by atoms with Crippen LogP contribution in [-0.4, -0.2) is 29.9 Å². The van der Waals surface area contributed by atoms with Crippen LogP contribution >= 0.6 is 0 Å². The molecule has 1 aromatic heterocycles. The van der Waals surface area contributed by atoms with Crippen molar-refractivity contribution in [3.8, 4) is 0 Å². The highest BCUT2D eigenvalue weighted by atomic mass is 32.2. The number of carboxylic acid groups (broad SMARTS) is 1. The first-order valence-corrected chi connectivity index (χ1v) is 5.55. The molecule has 0 saturated heterocycles. The average Bonchev–Trinajstić information content (AvgIpc) is 2.48. The number of hydrogen-bond donors (Lipinski definition) is 2. The third kappa shape index (κ3) is 2.69. The summed E-state index contributed by atoms with van der Waals surface area (Å²) in [6, 6.07) is 1.35. The highest BCUT2D eigenvalue weighted by Crippen LogP contribution is 2.13. The summed E-state index contributed by atoms with van der Waals surface area (Å²) in [7, 11) is -3.98. The van der Waals surface area contributed by atoms with Gasteiger partial charge in [0.25, 0.3) is 0 Å². The number of rotatable bonds is 4. The van der Waals surface area contributed by atoms with E-state index >= 15 is 0 Å². The van der Waals surface area contributed by atoms with Gasteiger partial charge in [-0.15, -0.1) is 0 Å². The van der Waals surface area contributed by atoms with E-state index in [0.29, 0.717) is 5.69 Å². The number of aromatic nitrogens is 1. The summed E-state index contributed by atoms with van der Waals surface area (Å²) in [4.78, 5) is 10.5. The predicted molar refractivity (Wildman–Crippen MR) is 50.9 cm³/mol. The van der Waals surface area contributed by atoms with Crippen molar-refractivity contribution in [2.45, 2.75) is 19.1 Å². The zero-order valence-corrected chi connectivity index (χ0v) is 8.91. The number of hydrogen-bond acceptors (Lipinski definition) is 5. The van der Waals surface area contributed by atoms with Crippen LogP contribution in [0.3, 0.4) is 0 Å². The van der Waals surface area contributed by atoms with Crippen LogP contribution in [0.4, 0.5) is 5.88 Å². The average molecular weight is 234 g/mol. The SMILES string of the molecule is Cc1cc(NS(=O)(=O)C(C)C(=O)O)on1. The molecule has 1 heterocycles.